The van der Waals surface area contributed by atoms with Crippen LogP contribution in [0.3, 0.4) is 0 Å². The number of rotatable bonds is 7. The molecule has 0 fully saturated rings. The van der Waals surface area contributed by atoms with E-state index in [0.717, 1.165) is 23.5 Å². The van der Waals surface area contributed by atoms with E-state index in [-0.39, 0.29) is 14.6 Å². The summed E-state index contributed by atoms with van der Waals surface area (Å²) in [7, 11) is -4.31. The van der Waals surface area contributed by atoms with E-state index in [1.807, 2.05) is 0 Å². The highest BCUT2D eigenvalue weighted by molar-refractivity contribution is 7.91. The zero-order valence-corrected chi connectivity index (χ0v) is 19.0. The van der Waals surface area contributed by atoms with Crippen molar-refractivity contribution in [3.63, 3.8) is 0 Å². The van der Waals surface area contributed by atoms with Crippen LogP contribution in [-0.4, -0.2) is 30.1 Å². The van der Waals surface area contributed by atoms with Crippen molar-refractivity contribution in [1.29, 1.82) is 0 Å². The number of aliphatic carboxylic acids is 1. The molecule has 0 aliphatic carbocycles. The van der Waals surface area contributed by atoms with Crippen LogP contribution in [0.4, 0.5) is 8.78 Å². The van der Waals surface area contributed by atoms with Crippen molar-refractivity contribution in [2.24, 2.45) is 0 Å². The van der Waals surface area contributed by atoms with E-state index < -0.39 is 44.3 Å². The highest BCUT2D eigenvalue weighted by Crippen LogP contribution is 2.38. The monoisotopic (exact) mass is 481 g/mol. The van der Waals surface area contributed by atoms with Crippen LogP contribution in [0.1, 0.15) is 26.3 Å². The van der Waals surface area contributed by atoms with E-state index in [2.05, 4.69) is 4.72 Å². The second-order valence-corrected chi connectivity index (χ2v) is 10.9. The fourth-order valence-corrected chi connectivity index (χ4v) is 6.02. The number of aromatic hydroxyl groups is 1. The molecule has 0 aliphatic heterocycles. The third-order valence-electron chi connectivity index (χ3n) is 5.65. The Morgan fingerprint density at radius 2 is 1.66 bits per heavy atom. The Hall–Kier alpha value is -2.82. The van der Waals surface area contributed by atoms with Crippen molar-refractivity contribution < 1.29 is 32.2 Å². The molecule has 1 aromatic heterocycles. The van der Waals surface area contributed by atoms with Crippen LogP contribution in [0.15, 0.2) is 58.8 Å². The molecule has 1 heterocycles. The summed E-state index contributed by atoms with van der Waals surface area (Å²) < 4.78 is 55.3. The van der Waals surface area contributed by atoms with Gasteiger partial charge in [-0.25, -0.2) is 12.8 Å². The minimum atomic E-state index is -4.31. The van der Waals surface area contributed by atoms with E-state index in [1.165, 1.54) is 19.1 Å². The van der Waals surface area contributed by atoms with Crippen LogP contribution >= 0.6 is 11.3 Å². The lowest BCUT2D eigenvalue weighted by Crippen LogP contribution is -2.62. The lowest BCUT2D eigenvalue weighted by atomic mass is 9.69. The first-order valence-electron chi connectivity index (χ1n) is 9.41. The second kappa shape index (κ2) is 8.27. The normalized spacial score (nSPS) is 14.2. The Kier molecular flexibility index (Phi) is 6.16. The summed E-state index contributed by atoms with van der Waals surface area (Å²) in [6, 6.07) is 13.1. The van der Waals surface area contributed by atoms with Gasteiger partial charge in [0.05, 0.1) is 0 Å². The Morgan fingerprint density at radius 1 is 1.03 bits per heavy atom. The van der Waals surface area contributed by atoms with Crippen LogP contribution in [0.25, 0.3) is 10.4 Å². The number of phenols is 1. The fraction of sp³-hybridized carbons (Fsp3) is 0.227. The molecule has 3 N–H and O–H groups in total. The van der Waals surface area contributed by atoms with E-state index in [9.17, 15) is 32.2 Å². The van der Waals surface area contributed by atoms with Gasteiger partial charge in [-0.1, -0.05) is 44.2 Å². The van der Waals surface area contributed by atoms with Crippen molar-refractivity contribution in [3.05, 3.63) is 71.8 Å². The number of carbonyl (C=O) groups is 1. The summed E-state index contributed by atoms with van der Waals surface area (Å²) in [5, 5.41) is 19.5. The minimum absolute atomic E-state index is 0.0819. The van der Waals surface area contributed by atoms with Crippen LogP contribution in [0.5, 0.6) is 5.75 Å². The number of benzene rings is 2. The predicted molar refractivity (Wildman–Crippen MR) is 117 cm³/mol. The minimum Gasteiger partial charge on any atom is -0.505 e. The zero-order chi connectivity index (χ0) is 23.9. The Labute approximate surface area is 188 Å². The summed E-state index contributed by atoms with van der Waals surface area (Å²) in [6.45, 7) is 4.55. The Balaban J connectivity index is 2.00. The van der Waals surface area contributed by atoms with Crippen molar-refractivity contribution in [2.75, 3.05) is 0 Å². The van der Waals surface area contributed by atoms with Crippen LogP contribution in [0.2, 0.25) is 0 Å². The van der Waals surface area contributed by atoms with Gasteiger partial charge in [0.25, 0.3) is 10.0 Å². The number of thiophene rings is 1. The number of carboxylic acids is 1. The first kappa shape index (κ1) is 23.8. The molecule has 2 aromatic carbocycles. The zero-order valence-electron chi connectivity index (χ0n) is 17.4. The molecule has 10 heteroatoms. The van der Waals surface area contributed by atoms with E-state index in [1.54, 1.807) is 44.2 Å². The van der Waals surface area contributed by atoms with E-state index >= 15 is 0 Å². The molecule has 0 bridgehead atoms. The fourth-order valence-electron chi connectivity index (χ4n) is 3.24. The average Bonchev–Trinajstić information content (AvgIpc) is 3.23. The predicted octanol–water partition coefficient (Wildman–Crippen LogP) is 4.50. The number of phenolic OH excluding ortho intramolecular Hbond substituents is 1. The molecule has 1 atom stereocenters. The lowest BCUT2D eigenvalue weighted by molar-refractivity contribution is -0.146. The molecule has 3 rings (SSSR count). The molecular formula is C22H21F2NO5S2. The molecule has 0 saturated heterocycles. The topological polar surface area (TPSA) is 104 Å². The summed E-state index contributed by atoms with van der Waals surface area (Å²) in [5.74, 6) is -4.95. The molecule has 0 unspecified atom stereocenters. The first-order chi connectivity index (χ1) is 14.8. The highest BCUT2D eigenvalue weighted by Gasteiger charge is 2.51. The number of nitrogens with one attached hydrogen (secondary N) is 1. The Morgan fingerprint density at radius 3 is 2.22 bits per heavy atom. The third-order valence-corrected chi connectivity index (χ3v) is 8.83. The first-order valence-corrected chi connectivity index (χ1v) is 11.7. The van der Waals surface area contributed by atoms with Crippen molar-refractivity contribution in [3.8, 4) is 16.2 Å². The molecule has 0 radical (unpaired) electrons. The largest absolute Gasteiger partial charge is 0.505 e. The molecule has 0 aliphatic rings. The van der Waals surface area contributed by atoms with Gasteiger partial charge in [0.1, 0.15) is 9.75 Å². The number of hydrogen-bond donors (Lipinski definition) is 3. The molecule has 0 saturated carbocycles. The number of hydrogen-bond acceptors (Lipinski definition) is 5. The number of halogens is 2. The van der Waals surface area contributed by atoms with Gasteiger partial charge in [-0.2, -0.15) is 9.11 Å². The van der Waals surface area contributed by atoms with Gasteiger partial charge in [0.2, 0.25) is 0 Å². The summed E-state index contributed by atoms with van der Waals surface area (Å²) >= 11 is 0.731. The Bertz CT molecular complexity index is 1250. The second-order valence-electron chi connectivity index (χ2n) is 7.94. The molecule has 6 nitrogen and oxygen atoms in total. The standard InChI is InChI=1S/C22H21F2NO5S2/c1-21(2,14-7-5-4-6-8-14)22(3,20(27)28)25-32(29,30)18-10-9-17(31-18)13-11-15(23)19(24)16(26)12-13/h4-12,25-26H,1-3H3,(H,27,28)/t22-/m1/s1. The number of sulfonamides is 1. The molecule has 170 valence electrons. The maximum atomic E-state index is 13.6. The van der Waals surface area contributed by atoms with Gasteiger partial charge in [0.15, 0.2) is 17.4 Å². The molecule has 3 aromatic rings. The number of carboxylic acid groups (broad SMARTS) is 1. The van der Waals surface area contributed by atoms with Gasteiger partial charge in [-0.05, 0) is 42.3 Å². The van der Waals surface area contributed by atoms with Gasteiger partial charge < -0.3 is 10.2 Å². The van der Waals surface area contributed by atoms with Gasteiger partial charge in [0, 0.05) is 10.3 Å². The lowest BCUT2D eigenvalue weighted by Gasteiger charge is -2.41. The van der Waals surface area contributed by atoms with Crippen molar-refractivity contribution >= 4 is 27.3 Å². The van der Waals surface area contributed by atoms with Gasteiger partial charge in [-0.3, -0.25) is 4.79 Å². The van der Waals surface area contributed by atoms with Crippen molar-refractivity contribution in [1.82, 2.24) is 4.72 Å². The summed E-state index contributed by atoms with van der Waals surface area (Å²) in [6.07, 6.45) is 0. The smallest absolute Gasteiger partial charge is 0.325 e. The molecule has 0 amide bonds. The summed E-state index contributed by atoms with van der Waals surface area (Å²) in [4.78, 5) is 12.5. The maximum absolute atomic E-state index is 13.6. The van der Waals surface area contributed by atoms with Crippen LogP contribution < -0.4 is 4.72 Å². The van der Waals surface area contributed by atoms with Gasteiger partial charge >= 0.3 is 5.97 Å². The molecule has 0 spiro atoms. The SMILES string of the molecule is CC(C)(c1ccccc1)[C@](C)(NS(=O)(=O)c1ccc(-c2cc(O)c(F)c(F)c2)s1)C(=O)O. The summed E-state index contributed by atoms with van der Waals surface area (Å²) in [5.41, 5.74) is -2.35. The van der Waals surface area contributed by atoms with E-state index in [0.29, 0.717) is 5.56 Å². The highest BCUT2D eigenvalue weighted by atomic mass is 32.2. The molecular weight excluding hydrogens is 460 g/mol. The van der Waals surface area contributed by atoms with E-state index in [4.69, 9.17) is 0 Å². The maximum Gasteiger partial charge on any atom is 0.325 e. The third kappa shape index (κ3) is 4.13. The van der Waals surface area contributed by atoms with Crippen molar-refractivity contribution in [2.45, 2.75) is 35.9 Å². The van der Waals surface area contributed by atoms with Crippen LogP contribution in [-0.2, 0) is 20.2 Å². The van der Waals surface area contributed by atoms with Gasteiger partial charge in [-0.15, -0.1) is 11.3 Å². The van der Waals surface area contributed by atoms with Crippen LogP contribution in [0, 0.1) is 11.6 Å². The molecule has 32 heavy (non-hydrogen) atoms. The average molecular weight is 482 g/mol. The quantitative estimate of drug-likeness (QED) is 0.461.